The number of hydrogen-bond acceptors (Lipinski definition) is 6. The van der Waals surface area contributed by atoms with Crippen LogP contribution >= 0.6 is 23.4 Å². The number of carbonyl (C=O) groups excluding carboxylic acids is 1. The summed E-state index contributed by atoms with van der Waals surface area (Å²) in [6.07, 6.45) is 0.00775. The first-order valence-corrected chi connectivity index (χ1v) is 11.6. The van der Waals surface area contributed by atoms with E-state index in [-0.39, 0.29) is 23.3 Å². The minimum absolute atomic E-state index is 0.00775. The van der Waals surface area contributed by atoms with E-state index in [2.05, 4.69) is 0 Å². The molecular formula is C23H24ClN3O4S. The van der Waals surface area contributed by atoms with Gasteiger partial charge in [0.25, 0.3) is 5.56 Å². The number of morpholine rings is 1. The van der Waals surface area contributed by atoms with Crippen LogP contribution in [0.15, 0.2) is 46.3 Å². The first-order chi connectivity index (χ1) is 15.4. The molecule has 7 nitrogen and oxygen atoms in total. The van der Waals surface area contributed by atoms with E-state index in [1.54, 1.807) is 30.2 Å². The van der Waals surface area contributed by atoms with Gasteiger partial charge in [0.1, 0.15) is 5.75 Å². The number of hydrogen-bond donors (Lipinski definition) is 0. The lowest BCUT2D eigenvalue weighted by molar-refractivity contribution is -0.135. The monoisotopic (exact) mass is 473 g/mol. The van der Waals surface area contributed by atoms with Crippen LogP contribution < -0.4 is 10.3 Å². The molecule has 1 aliphatic heterocycles. The zero-order valence-corrected chi connectivity index (χ0v) is 19.7. The van der Waals surface area contributed by atoms with Crippen molar-refractivity contribution in [3.8, 4) is 11.4 Å². The van der Waals surface area contributed by atoms with E-state index in [0.717, 1.165) is 5.56 Å². The van der Waals surface area contributed by atoms with Crippen LogP contribution in [0.25, 0.3) is 16.6 Å². The summed E-state index contributed by atoms with van der Waals surface area (Å²) < 4.78 is 12.6. The predicted molar refractivity (Wildman–Crippen MR) is 126 cm³/mol. The third-order valence-corrected chi connectivity index (χ3v) is 6.45. The SMILES string of the molecule is COc1ccc(C)cc1-n1c(SCC(=O)N2CCOC(C)C2)nc2cc(Cl)ccc2c1=O. The summed E-state index contributed by atoms with van der Waals surface area (Å²) in [5.74, 6) is 0.677. The summed E-state index contributed by atoms with van der Waals surface area (Å²) in [7, 11) is 1.56. The van der Waals surface area contributed by atoms with Gasteiger partial charge >= 0.3 is 0 Å². The molecule has 1 atom stereocenters. The third kappa shape index (κ3) is 4.62. The van der Waals surface area contributed by atoms with Gasteiger partial charge in [0.15, 0.2) is 5.16 Å². The lowest BCUT2D eigenvalue weighted by Gasteiger charge is -2.31. The van der Waals surface area contributed by atoms with Crippen LogP contribution in [0.4, 0.5) is 0 Å². The minimum atomic E-state index is -0.245. The normalized spacial score (nSPS) is 16.4. The maximum atomic E-state index is 13.5. The lowest BCUT2D eigenvalue weighted by atomic mass is 10.2. The highest BCUT2D eigenvalue weighted by Crippen LogP contribution is 2.29. The van der Waals surface area contributed by atoms with Crippen molar-refractivity contribution < 1.29 is 14.3 Å². The Morgan fingerprint density at radius 3 is 2.88 bits per heavy atom. The van der Waals surface area contributed by atoms with Crippen molar-refractivity contribution in [3.05, 3.63) is 57.3 Å². The van der Waals surface area contributed by atoms with E-state index in [1.165, 1.54) is 16.3 Å². The lowest BCUT2D eigenvalue weighted by Crippen LogP contribution is -2.45. The molecule has 1 amide bonds. The number of nitrogens with zero attached hydrogens (tertiary/aromatic N) is 3. The molecule has 9 heteroatoms. The molecule has 0 spiro atoms. The highest BCUT2D eigenvalue weighted by atomic mass is 35.5. The Kier molecular flexibility index (Phi) is 6.74. The minimum Gasteiger partial charge on any atom is -0.495 e. The number of carbonyl (C=O) groups is 1. The highest BCUT2D eigenvalue weighted by molar-refractivity contribution is 7.99. The summed E-state index contributed by atoms with van der Waals surface area (Å²) in [6.45, 7) is 5.53. The number of benzene rings is 2. The van der Waals surface area contributed by atoms with Crippen molar-refractivity contribution in [2.24, 2.45) is 0 Å². The molecule has 1 saturated heterocycles. The van der Waals surface area contributed by atoms with Gasteiger partial charge in [-0.15, -0.1) is 0 Å². The number of fused-ring (bicyclic) bond motifs is 1. The van der Waals surface area contributed by atoms with Gasteiger partial charge in [-0.2, -0.15) is 0 Å². The number of aromatic nitrogens is 2. The second-order valence-electron chi connectivity index (χ2n) is 7.68. The van der Waals surface area contributed by atoms with Gasteiger partial charge in [0.05, 0.1) is 42.2 Å². The maximum Gasteiger partial charge on any atom is 0.266 e. The molecular weight excluding hydrogens is 450 g/mol. The second-order valence-corrected chi connectivity index (χ2v) is 9.06. The Morgan fingerprint density at radius 2 is 2.12 bits per heavy atom. The topological polar surface area (TPSA) is 73.7 Å². The molecule has 0 saturated carbocycles. The van der Waals surface area contributed by atoms with E-state index in [0.29, 0.717) is 52.2 Å². The van der Waals surface area contributed by atoms with Crippen LogP contribution in [-0.2, 0) is 9.53 Å². The molecule has 168 valence electrons. The Balaban J connectivity index is 1.78. The predicted octanol–water partition coefficient (Wildman–Crippen LogP) is 3.70. The summed E-state index contributed by atoms with van der Waals surface area (Å²) in [6, 6.07) is 10.6. The average molecular weight is 474 g/mol. The Labute approximate surface area is 195 Å². The summed E-state index contributed by atoms with van der Waals surface area (Å²) in [4.78, 5) is 32.8. The molecule has 1 aromatic heterocycles. The number of thioether (sulfide) groups is 1. The standard InChI is InChI=1S/C23H24ClN3O4S/c1-14-4-7-20(30-3)19(10-14)27-22(29)17-6-5-16(24)11-18(17)25-23(27)32-13-21(28)26-8-9-31-15(2)12-26/h4-7,10-11,15H,8-9,12-13H2,1-3H3. The maximum absolute atomic E-state index is 13.5. The van der Waals surface area contributed by atoms with Crippen LogP contribution in [-0.4, -0.2) is 59.0 Å². The first-order valence-electron chi connectivity index (χ1n) is 10.3. The molecule has 2 aromatic carbocycles. The van der Waals surface area contributed by atoms with Gasteiger partial charge in [-0.1, -0.05) is 29.4 Å². The molecule has 0 bridgehead atoms. The van der Waals surface area contributed by atoms with Crippen molar-refractivity contribution in [2.45, 2.75) is 25.1 Å². The molecule has 0 radical (unpaired) electrons. The highest BCUT2D eigenvalue weighted by Gasteiger charge is 2.23. The van der Waals surface area contributed by atoms with Gasteiger partial charge in [0, 0.05) is 18.1 Å². The second kappa shape index (κ2) is 9.52. The molecule has 1 aliphatic rings. The molecule has 3 aromatic rings. The zero-order valence-electron chi connectivity index (χ0n) is 18.1. The molecule has 0 N–H and O–H groups in total. The average Bonchev–Trinajstić information content (AvgIpc) is 2.77. The number of methoxy groups -OCH3 is 1. The van der Waals surface area contributed by atoms with Gasteiger partial charge in [-0.3, -0.25) is 14.2 Å². The van der Waals surface area contributed by atoms with Crippen LogP contribution in [0.2, 0.25) is 5.02 Å². The van der Waals surface area contributed by atoms with Gasteiger partial charge in [-0.25, -0.2) is 4.98 Å². The summed E-state index contributed by atoms with van der Waals surface area (Å²) in [5.41, 5.74) is 1.79. The van der Waals surface area contributed by atoms with E-state index in [1.807, 2.05) is 32.0 Å². The molecule has 32 heavy (non-hydrogen) atoms. The number of aryl methyl sites for hydroxylation is 1. The third-order valence-electron chi connectivity index (χ3n) is 5.29. The van der Waals surface area contributed by atoms with Crippen molar-refractivity contribution in [3.63, 3.8) is 0 Å². The Morgan fingerprint density at radius 1 is 1.31 bits per heavy atom. The van der Waals surface area contributed by atoms with Crippen molar-refractivity contribution in [1.82, 2.24) is 14.5 Å². The van der Waals surface area contributed by atoms with Crippen molar-refractivity contribution >= 4 is 40.2 Å². The zero-order chi connectivity index (χ0) is 22.8. The quantitative estimate of drug-likeness (QED) is 0.415. The van der Waals surface area contributed by atoms with Crippen LogP contribution in [0.1, 0.15) is 12.5 Å². The summed E-state index contributed by atoms with van der Waals surface area (Å²) in [5, 5.41) is 1.34. The number of amides is 1. The molecule has 1 unspecified atom stereocenters. The van der Waals surface area contributed by atoms with Gasteiger partial charge in [0.2, 0.25) is 5.91 Å². The van der Waals surface area contributed by atoms with E-state index in [4.69, 9.17) is 26.1 Å². The van der Waals surface area contributed by atoms with Gasteiger partial charge in [-0.05, 0) is 49.7 Å². The fourth-order valence-electron chi connectivity index (χ4n) is 3.69. The smallest absolute Gasteiger partial charge is 0.266 e. The summed E-state index contributed by atoms with van der Waals surface area (Å²) >= 11 is 7.37. The van der Waals surface area contributed by atoms with Crippen molar-refractivity contribution in [2.75, 3.05) is 32.6 Å². The Hall–Kier alpha value is -2.55. The molecule has 1 fully saturated rings. The molecule has 0 aliphatic carbocycles. The Bertz CT molecular complexity index is 1230. The number of rotatable bonds is 5. The van der Waals surface area contributed by atoms with E-state index < -0.39 is 0 Å². The first kappa shape index (κ1) is 22.6. The molecule has 2 heterocycles. The van der Waals surface area contributed by atoms with Gasteiger partial charge < -0.3 is 14.4 Å². The van der Waals surface area contributed by atoms with E-state index in [9.17, 15) is 9.59 Å². The van der Waals surface area contributed by atoms with Crippen molar-refractivity contribution in [1.29, 1.82) is 0 Å². The van der Waals surface area contributed by atoms with Crippen LogP contribution in [0, 0.1) is 6.92 Å². The van der Waals surface area contributed by atoms with E-state index >= 15 is 0 Å². The van der Waals surface area contributed by atoms with Crippen LogP contribution in [0.5, 0.6) is 5.75 Å². The number of halogens is 1. The number of ether oxygens (including phenoxy) is 2. The largest absolute Gasteiger partial charge is 0.495 e. The molecule has 4 rings (SSSR count). The van der Waals surface area contributed by atoms with Crippen LogP contribution in [0.3, 0.4) is 0 Å². The fraction of sp³-hybridized carbons (Fsp3) is 0.348. The fourth-order valence-corrected chi connectivity index (χ4v) is 4.76.